The lowest BCUT2D eigenvalue weighted by Crippen LogP contribution is -1.98. The standard InChI is InChI=1S/C14H14BrNO3S/c1-20(17,18)14-4-2-3-12(8-14)19-13-6-10(9-16)5-11(15)7-13/h2-8H,9,16H2,1H3. The summed E-state index contributed by atoms with van der Waals surface area (Å²) in [4.78, 5) is 0.226. The third kappa shape index (κ3) is 3.82. The monoisotopic (exact) mass is 355 g/mol. The number of nitrogens with two attached hydrogens (primary N) is 1. The second kappa shape index (κ2) is 5.95. The van der Waals surface area contributed by atoms with E-state index in [0.717, 1.165) is 16.3 Å². The summed E-state index contributed by atoms with van der Waals surface area (Å²) in [5, 5.41) is 0. The summed E-state index contributed by atoms with van der Waals surface area (Å²) in [6.45, 7) is 0.402. The lowest BCUT2D eigenvalue weighted by atomic mass is 10.2. The summed E-state index contributed by atoms with van der Waals surface area (Å²) in [6.07, 6.45) is 1.16. The molecule has 106 valence electrons. The molecule has 2 aromatic rings. The molecule has 20 heavy (non-hydrogen) atoms. The van der Waals surface area contributed by atoms with Gasteiger partial charge in [0.25, 0.3) is 0 Å². The summed E-state index contributed by atoms with van der Waals surface area (Å²) >= 11 is 3.38. The van der Waals surface area contributed by atoms with Gasteiger partial charge in [-0.2, -0.15) is 0 Å². The average Bonchev–Trinajstić information content (AvgIpc) is 2.37. The molecule has 0 unspecified atom stereocenters. The molecule has 0 fully saturated rings. The Morgan fingerprint density at radius 3 is 2.55 bits per heavy atom. The molecular formula is C14H14BrNO3S. The van der Waals surface area contributed by atoms with Crippen molar-refractivity contribution in [3.05, 3.63) is 52.5 Å². The minimum Gasteiger partial charge on any atom is -0.457 e. The van der Waals surface area contributed by atoms with Gasteiger partial charge in [-0.25, -0.2) is 8.42 Å². The molecule has 0 aliphatic rings. The zero-order chi connectivity index (χ0) is 14.8. The Hall–Kier alpha value is -1.37. The van der Waals surface area contributed by atoms with Crippen LogP contribution in [0.15, 0.2) is 51.8 Å². The van der Waals surface area contributed by atoms with Gasteiger partial charge >= 0.3 is 0 Å². The number of rotatable bonds is 4. The number of halogens is 1. The van der Waals surface area contributed by atoms with E-state index in [1.54, 1.807) is 18.2 Å². The Morgan fingerprint density at radius 2 is 1.90 bits per heavy atom. The van der Waals surface area contributed by atoms with Gasteiger partial charge in [-0.3, -0.25) is 0 Å². The molecule has 0 bridgehead atoms. The van der Waals surface area contributed by atoms with Crippen molar-refractivity contribution in [3.8, 4) is 11.5 Å². The van der Waals surface area contributed by atoms with Crippen molar-refractivity contribution >= 4 is 25.8 Å². The maximum Gasteiger partial charge on any atom is 0.175 e. The molecule has 0 spiro atoms. The minimum absolute atomic E-state index is 0.226. The van der Waals surface area contributed by atoms with Crippen molar-refractivity contribution in [1.82, 2.24) is 0 Å². The smallest absolute Gasteiger partial charge is 0.175 e. The minimum atomic E-state index is -3.25. The van der Waals surface area contributed by atoms with Crippen LogP contribution in [0.3, 0.4) is 0 Å². The van der Waals surface area contributed by atoms with Crippen LogP contribution in [0.2, 0.25) is 0 Å². The van der Waals surface area contributed by atoms with E-state index in [-0.39, 0.29) is 4.90 Å². The summed E-state index contributed by atoms with van der Waals surface area (Å²) in [6, 6.07) is 11.9. The van der Waals surface area contributed by atoms with Gasteiger partial charge in [-0.05, 0) is 42.0 Å². The van der Waals surface area contributed by atoms with Gasteiger partial charge in [-0.15, -0.1) is 0 Å². The van der Waals surface area contributed by atoms with Gasteiger partial charge in [0.05, 0.1) is 4.90 Å². The molecule has 6 heteroatoms. The van der Waals surface area contributed by atoms with Crippen molar-refractivity contribution in [1.29, 1.82) is 0 Å². The topological polar surface area (TPSA) is 69.4 Å². The number of hydrogen-bond acceptors (Lipinski definition) is 4. The first-order valence-electron chi connectivity index (χ1n) is 5.86. The fourth-order valence-electron chi connectivity index (χ4n) is 1.70. The third-order valence-electron chi connectivity index (χ3n) is 2.64. The molecule has 4 nitrogen and oxygen atoms in total. The fraction of sp³-hybridized carbons (Fsp3) is 0.143. The predicted molar refractivity (Wildman–Crippen MR) is 81.7 cm³/mol. The van der Waals surface area contributed by atoms with Gasteiger partial charge in [-0.1, -0.05) is 22.0 Å². The van der Waals surface area contributed by atoms with Gasteiger partial charge < -0.3 is 10.5 Å². The van der Waals surface area contributed by atoms with Gasteiger partial charge in [0.1, 0.15) is 11.5 Å². The number of benzene rings is 2. The van der Waals surface area contributed by atoms with Crippen LogP contribution >= 0.6 is 15.9 Å². The van der Waals surface area contributed by atoms with E-state index in [1.165, 1.54) is 12.1 Å². The highest BCUT2D eigenvalue weighted by Gasteiger charge is 2.08. The van der Waals surface area contributed by atoms with Crippen LogP contribution in [0.5, 0.6) is 11.5 Å². The second-order valence-corrected chi connectivity index (χ2v) is 7.28. The van der Waals surface area contributed by atoms with Crippen molar-refractivity contribution < 1.29 is 13.2 Å². The molecule has 0 aromatic heterocycles. The number of sulfone groups is 1. The molecule has 0 saturated heterocycles. The summed E-state index contributed by atoms with van der Waals surface area (Å²) in [5.41, 5.74) is 6.53. The number of ether oxygens (including phenoxy) is 1. The van der Waals surface area contributed by atoms with Crippen molar-refractivity contribution in [3.63, 3.8) is 0 Å². The first-order valence-corrected chi connectivity index (χ1v) is 8.54. The van der Waals surface area contributed by atoms with Crippen molar-refractivity contribution in [2.24, 2.45) is 5.73 Å². The summed E-state index contributed by atoms with van der Waals surface area (Å²) < 4.78 is 29.6. The van der Waals surface area contributed by atoms with Gasteiger partial charge in [0.15, 0.2) is 9.84 Å². The van der Waals surface area contributed by atoms with Crippen LogP contribution in [0.4, 0.5) is 0 Å². The zero-order valence-electron chi connectivity index (χ0n) is 10.8. The molecular weight excluding hydrogens is 342 g/mol. The molecule has 2 aromatic carbocycles. The molecule has 0 amide bonds. The maximum absolute atomic E-state index is 11.5. The quantitative estimate of drug-likeness (QED) is 0.914. The van der Waals surface area contributed by atoms with Crippen molar-refractivity contribution in [2.75, 3.05) is 6.26 Å². The van der Waals surface area contributed by atoms with Crippen molar-refractivity contribution in [2.45, 2.75) is 11.4 Å². The lowest BCUT2D eigenvalue weighted by molar-refractivity contribution is 0.479. The molecule has 2 N–H and O–H groups in total. The molecule has 0 atom stereocenters. The van der Waals surface area contributed by atoms with Crippen LogP contribution in [0.25, 0.3) is 0 Å². The van der Waals surface area contributed by atoms with E-state index in [9.17, 15) is 8.42 Å². The molecule has 2 rings (SSSR count). The normalized spacial score (nSPS) is 11.3. The van der Waals surface area contributed by atoms with E-state index < -0.39 is 9.84 Å². The van der Waals surface area contributed by atoms with Crippen LogP contribution in [-0.2, 0) is 16.4 Å². The molecule has 0 aliphatic carbocycles. The van der Waals surface area contributed by atoms with E-state index in [4.69, 9.17) is 10.5 Å². The third-order valence-corrected chi connectivity index (χ3v) is 4.20. The molecule has 0 saturated carbocycles. The summed E-state index contributed by atoms with van der Waals surface area (Å²) in [7, 11) is -3.25. The highest BCUT2D eigenvalue weighted by atomic mass is 79.9. The summed E-state index contributed by atoms with van der Waals surface area (Å²) in [5.74, 6) is 1.07. The van der Waals surface area contributed by atoms with Crippen LogP contribution in [0, 0.1) is 0 Å². The Kier molecular flexibility index (Phi) is 4.47. The maximum atomic E-state index is 11.5. The van der Waals surface area contributed by atoms with E-state index >= 15 is 0 Å². The first kappa shape index (κ1) is 15.0. The van der Waals surface area contributed by atoms with Crippen LogP contribution in [0.1, 0.15) is 5.56 Å². The van der Waals surface area contributed by atoms with E-state index in [1.807, 2.05) is 12.1 Å². The Morgan fingerprint density at radius 1 is 1.15 bits per heavy atom. The Balaban J connectivity index is 2.33. The average molecular weight is 356 g/mol. The Bertz CT molecular complexity index is 729. The SMILES string of the molecule is CS(=O)(=O)c1cccc(Oc2cc(Br)cc(CN)c2)c1. The fourth-order valence-corrected chi connectivity index (χ4v) is 2.88. The molecule has 0 heterocycles. The lowest BCUT2D eigenvalue weighted by Gasteiger charge is -2.09. The van der Waals surface area contributed by atoms with Gasteiger partial charge in [0, 0.05) is 17.3 Å². The largest absolute Gasteiger partial charge is 0.457 e. The van der Waals surface area contributed by atoms with Crippen LogP contribution in [-0.4, -0.2) is 14.7 Å². The highest BCUT2D eigenvalue weighted by Crippen LogP contribution is 2.27. The number of hydrogen-bond donors (Lipinski definition) is 1. The predicted octanol–water partition coefficient (Wildman–Crippen LogP) is 3.10. The Labute approximate surface area is 126 Å². The first-order chi connectivity index (χ1) is 9.38. The zero-order valence-corrected chi connectivity index (χ0v) is 13.2. The van der Waals surface area contributed by atoms with E-state index in [0.29, 0.717) is 18.0 Å². The van der Waals surface area contributed by atoms with Gasteiger partial charge in [0.2, 0.25) is 0 Å². The highest BCUT2D eigenvalue weighted by molar-refractivity contribution is 9.10. The van der Waals surface area contributed by atoms with E-state index in [2.05, 4.69) is 15.9 Å². The second-order valence-electron chi connectivity index (χ2n) is 4.35. The molecule has 0 radical (unpaired) electrons. The van der Waals surface area contributed by atoms with Crippen LogP contribution < -0.4 is 10.5 Å². The molecule has 0 aliphatic heterocycles.